The van der Waals surface area contributed by atoms with Crippen LogP contribution < -0.4 is 43.7 Å². The summed E-state index contributed by atoms with van der Waals surface area (Å²) in [7, 11) is -3.19. The van der Waals surface area contributed by atoms with E-state index in [1.165, 1.54) is 0 Å². The van der Waals surface area contributed by atoms with Gasteiger partial charge in [-0.05, 0) is 60.7 Å². The Morgan fingerprint density at radius 2 is 1.60 bits per heavy atom. The van der Waals surface area contributed by atoms with Gasteiger partial charge in [-0.15, -0.1) is 0 Å². The largest absolute Gasteiger partial charge is 1.00 e. The van der Waals surface area contributed by atoms with Crippen molar-refractivity contribution in [3.63, 3.8) is 0 Å². The van der Waals surface area contributed by atoms with Gasteiger partial charge in [0.25, 0.3) is 0 Å². The van der Waals surface area contributed by atoms with Crippen molar-refractivity contribution < 1.29 is 53.2 Å². The molecule has 2 aromatic rings. The first kappa shape index (κ1) is 22.0. The predicted molar refractivity (Wildman–Crippen MR) is 93.0 cm³/mol. The summed E-state index contributed by atoms with van der Waals surface area (Å²) in [5.41, 5.74) is 4.55. The maximum Gasteiger partial charge on any atom is 1.00 e. The van der Waals surface area contributed by atoms with Gasteiger partial charge >= 0.3 is 37.4 Å². The molecule has 0 aliphatic carbocycles. The fourth-order valence-electron chi connectivity index (χ4n) is 2.30. The maximum absolute atomic E-state index is 10.9. The van der Waals surface area contributed by atoms with Gasteiger partial charge in [0, 0.05) is 0 Å². The molecular formula is C18H20NaO5P. The molecule has 0 aromatic heterocycles. The minimum atomic E-state index is -4.82. The van der Waals surface area contributed by atoms with Gasteiger partial charge in [-0.25, -0.2) is 0 Å². The second kappa shape index (κ2) is 9.04. The molecule has 128 valence electrons. The zero-order chi connectivity index (χ0) is 17.9. The van der Waals surface area contributed by atoms with Gasteiger partial charge in [0.1, 0.15) is 11.5 Å². The van der Waals surface area contributed by atoms with Crippen molar-refractivity contribution in [1.82, 2.24) is 0 Å². The summed E-state index contributed by atoms with van der Waals surface area (Å²) >= 11 is 0. The number of rotatable bonds is 5. The molecular weight excluding hydrogens is 350 g/mol. The standard InChI is InChI=1S/C18H21O5P.Na/c1-12-5-6-15(10-17(12)23-24(19,20)21)7-8-16-9-13(2)14(3)18(11-16)22-4;/h5-11H,1-4H3,(H2,19,20,21);/q;+1/p-1/b8-7-;. The average Bonchev–Trinajstić information content (AvgIpc) is 2.49. The van der Waals surface area contributed by atoms with E-state index in [1.807, 2.05) is 44.2 Å². The normalized spacial score (nSPS) is 13.2. The van der Waals surface area contributed by atoms with Gasteiger partial charge in [0.2, 0.25) is 0 Å². The van der Waals surface area contributed by atoms with Crippen LogP contribution in [0.5, 0.6) is 11.5 Å². The Morgan fingerprint density at radius 1 is 1.00 bits per heavy atom. The van der Waals surface area contributed by atoms with E-state index >= 15 is 0 Å². The minimum Gasteiger partial charge on any atom is -0.746 e. The summed E-state index contributed by atoms with van der Waals surface area (Å²) in [6.45, 7) is 5.72. The Kier molecular flexibility index (Phi) is 7.94. The summed E-state index contributed by atoms with van der Waals surface area (Å²) in [6, 6.07) is 9.10. The fourth-order valence-corrected chi connectivity index (χ4v) is 2.74. The summed E-state index contributed by atoms with van der Waals surface area (Å²) in [5.74, 6) is 0.922. The van der Waals surface area contributed by atoms with Crippen LogP contribution in [0.3, 0.4) is 0 Å². The summed E-state index contributed by atoms with van der Waals surface area (Å²) in [5, 5.41) is 0. The maximum atomic E-state index is 10.9. The molecule has 0 aliphatic heterocycles. The van der Waals surface area contributed by atoms with Crippen molar-refractivity contribution in [2.24, 2.45) is 0 Å². The number of phosphoric ester groups is 1. The van der Waals surface area contributed by atoms with Crippen LogP contribution in [-0.4, -0.2) is 12.0 Å². The molecule has 0 amide bonds. The van der Waals surface area contributed by atoms with Crippen LogP contribution >= 0.6 is 7.82 Å². The number of ether oxygens (including phenoxy) is 1. The molecule has 0 aliphatic rings. The zero-order valence-corrected chi connectivity index (χ0v) is 18.0. The molecule has 7 heteroatoms. The Labute approximate surface area is 170 Å². The van der Waals surface area contributed by atoms with Gasteiger partial charge in [0.05, 0.1) is 7.11 Å². The first-order valence-electron chi connectivity index (χ1n) is 7.37. The van der Waals surface area contributed by atoms with Crippen molar-refractivity contribution >= 4 is 20.0 Å². The van der Waals surface area contributed by atoms with Crippen molar-refractivity contribution in [2.45, 2.75) is 20.8 Å². The molecule has 0 saturated carbocycles. The zero-order valence-electron chi connectivity index (χ0n) is 15.1. The molecule has 2 aromatic carbocycles. The SMILES string of the molecule is COc1cc(/C=C\c2ccc(C)c(OP(=O)([O-])O)c2)cc(C)c1C.[Na+]. The Bertz CT molecular complexity index is 826. The van der Waals surface area contributed by atoms with E-state index in [0.29, 0.717) is 5.56 Å². The number of benzene rings is 2. The average molecular weight is 370 g/mol. The van der Waals surface area contributed by atoms with Crippen molar-refractivity contribution in [1.29, 1.82) is 0 Å². The van der Waals surface area contributed by atoms with Crippen LogP contribution in [0, 0.1) is 20.8 Å². The summed E-state index contributed by atoms with van der Waals surface area (Å²) < 4.78 is 20.9. The topological polar surface area (TPSA) is 78.8 Å². The van der Waals surface area contributed by atoms with E-state index in [9.17, 15) is 9.46 Å². The first-order valence-corrected chi connectivity index (χ1v) is 8.86. The third-order valence-corrected chi connectivity index (χ3v) is 4.18. The van der Waals surface area contributed by atoms with E-state index in [0.717, 1.165) is 28.0 Å². The molecule has 0 heterocycles. The van der Waals surface area contributed by atoms with E-state index in [1.54, 1.807) is 26.2 Å². The monoisotopic (exact) mass is 370 g/mol. The van der Waals surface area contributed by atoms with E-state index in [4.69, 9.17) is 9.63 Å². The van der Waals surface area contributed by atoms with Gasteiger partial charge in [-0.2, -0.15) is 0 Å². The van der Waals surface area contributed by atoms with Crippen LogP contribution in [0.2, 0.25) is 0 Å². The number of hydrogen-bond acceptors (Lipinski definition) is 4. The smallest absolute Gasteiger partial charge is 0.746 e. The first-order chi connectivity index (χ1) is 11.2. The molecule has 5 nitrogen and oxygen atoms in total. The molecule has 25 heavy (non-hydrogen) atoms. The van der Waals surface area contributed by atoms with Gasteiger partial charge in [-0.3, -0.25) is 4.57 Å². The van der Waals surface area contributed by atoms with Crippen molar-refractivity contribution in [3.8, 4) is 11.5 Å². The molecule has 1 unspecified atom stereocenters. The number of phosphoric acid groups is 1. The second-order valence-corrected chi connectivity index (χ2v) is 6.70. The predicted octanol–water partition coefficient (Wildman–Crippen LogP) is 0.634. The number of aryl methyl sites for hydroxylation is 2. The van der Waals surface area contributed by atoms with Crippen molar-refractivity contribution in [3.05, 3.63) is 58.1 Å². The molecule has 0 saturated heterocycles. The quantitative estimate of drug-likeness (QED) is 0.475. The van der Waals surface area contributed by atoms with Crippen LogP contribution in [0.15, 0.2) is 30.3 Å². The second-order valence-electron chi connectivity index (χ2n) is 5.58. The minimum absolute atomic E-state index is 0. The summed E-state index contributed by atoms with van der Waals surface area (Å²) in [4.78, 5) is 19.8. The van der Waals surface area contributed by atoms with E-state index in [-0.39, 0.29) is 35.3 Å². The molecule has 0 fully saturated rings. The Hall–Kier alpha value is -1.07. The van der Waals surface area contributed by atoms with Gasteiger partial charge in [0.15, 0.2) is 0 Å². The van der Waals surface area contributed by atoms with Gasteiger partial charge < -0.3 is 19.0 Å². The Balaban J connectivity index is 0.00000312. The van der Waals surface area contributed by atoms with Crippen LogP contribution in [0.4, 0.5) is 0 Å². The molecule has 1 N–H and O–H groups in total. The van der Waals surface area contributed by atoms with E-state index in [2.05, 4.69) is 4.52 Å². The van der Waals surface area contributed by atoms with Crippen LogP contribution in [0.25, 0.3) is 12.2 Å². The molecule has 1 atom stereocenters. The summed E-state index contributed by atoms with van der Waals surface area (Å²) in [6.07, 6.45) is 3.74. The number of hydrogen-bond donors (Lipinski definition) is 1. The molecule has 0 radical (unpaired) electrons. The number of methoxy groups -OCH3 is 1. The van der Waals surface area contributed by atoms with Crippen LogP contribution in [-0.2, 0) is 4.57 Å². The third kappa shape index (κ3) is 6.30. The molecule has 2 rings (SSSR count). The molecule has 0 spiro atoms. The van der Waals surface area contributed by atoms with E-state index < -0.39 is 7.82 Å². The van der Waals surface area contributed by atoms with Gasteiger partial charge in [-0.1, -0.05) is 30.4 Å². The third-order valence-electron chi connectivity index (χ3n) is 3.76. The molecule has 0 bridgehead atoms. The van der Waals surface area contributed by atoms with Crippen molar-refractivity contribution in [2.75, 3.05) is 7.11 Å². The fraction of sp³-hybridized carbons (Fsp3) is 0.222. The van der Waals surface area contributed by atoms with Crippen LogP contribution in [0.1, 0.15) is 27.8 Å². The Morgan fingerprint density at radius 3 is 2.20 bits per heavy atom.